The molecule has 0 amide bonds. The molecule has 2 aromatic carbocycles. The maximum absolute atomic E-state index is 5.93. The summed E-state index contributed by atoms with van der Waals surface area (Å²) >= 11 is 3.87. The third-order valence-electron chi connectivity index (χ3n) is 4.01. The first-order valence-corrected chi connectivity index (χ1v) is 7.93. The van der Waals surface area contributed by atoms with Crippen LogP contribution in [0.4, 0.5) is 0 Å². The van der Waals surface area contributed by atoms with E-state index in [1.807, 2.05) is 0 Å². The summed E-state index contributed by atoms with van der Waals surface area (Å²) in [5, 5.41) is 2.69. The van der Waals surface area contributed by atoms with Gasteiger partial charge < -0.3 is 4.74 Å². The maximum atomic E-state index is 5.93. The third-order valence-corrected chi connectivity index (χ3v) is 5.10. The van der Waals surface area contributed by atoms with Crippen LogP contribution in [0.3, 0.4) is 0 Å². The van der Waals surface area contributed by atoms with E-state index in [4.69, 9.17) is 4.74 Å². The number of halogens is 1. The minimum absolute atomic E-state index is 0.290. The molecule has 3 rings (SSSR count). The summed E-state index contributed by atoms with van der Waals surface area (Å²) in [7, 11) is 0. The van der Waals surface area contributed by atoms with Crippen molar-refractivity contribution in [1.82, 2.24) is 0 Å². The predicted octanol–water partition coefficient (Wildman–Crippen LogP) is 5.15. The Kier molecular flexibility index (Phi) is 3.90. The Hall–Kier alpha value is -0.860. The average Bonchev–Trinajstić information content (AvgIpc) is 2.48. The minimum atomic E-state index is 0.290. The fourth-order valence-electron chi connectivity index (χ4n) is 2.91. The monoisotopic (exact) mass is 318 g/mol. The molecule has 2 aromatic rings. The molecule has 0 radical (unpaired) electrons. The summed E-state index contributed by atoms with van der Waals surface area (Å²) in [4.78, 5) is 0.290. The summed E-state index contributed by atoms with van der Waals surface area (Å²) in [6, 6.07) is 13.1. The molecular weight excluding hydrogens is 300 g/mol. The Morgan fingerprint density at radius 2 is 1.89 bits per heavy atom. The Labute approximate surface area is 123 Å². The molecule has 0 N–H and O–H groups in total. The largest absolute Gasteiger partial charge is 0.377 e. The van der Waals surface area contributed by atoms with Gasteiger partial charge in [-0.1, -0.05) is 52.3 Å². The normalized spacial score (nSPS) is 21.5. The molecule has 1 saturated heterocycles. The first-order valence-electron chi connectivity index (χ1n) is 7.01. The highest BCUT2D eigenvalue weighted by atomic mass is 79.9. The minimum Gasteiger partial charge on any atom is -0.377 e. The van der Waals surface area contributed by atoms with Crippen molar-refractivity contribution in [3.63, 3.8) is 0 Å². The van der Waals surface area contributed by atoms with E-state index in [0.29, 0.717) is 10.9 Å². The van der Waals surface area contributed by atoms with Gasteiger partial charge in [-0.15, -0.1) is 0 Å². The first-order chi connectivity index (χ1) is 9.27. The molecule has 0 aromatic heterocycles. The number of hydrogen-bond donors (Lipinski definition) is 0. The van der Waals surface area contributed by atoms with Gasteiger partial charge in [-0.25, -0.2) is 0 Å². The number of rotatable bonds is 2. The van der Waals surface area contributed by atoms with Gasteiger partial charge in [0.25, 0.3) is 0 Å². The van der Waals surface area contributed by atoms with Gasteiger partial charge in [0, 0.05) is 6.61 Å². The van der Waals surface area contributed by atoms with Crippen LogP contribution < -0.4 is 0 Å². The lowest BCUT2D eigenvalue weighted by Gasteiger charge is -2.28. The van der Waals surface area contributed by atoms with Gasteiger partial charge in [0.15, 0.2) is 0 Å². The number of fused-ring (bicyclic) bond motifs is 1. The lowest BCUT2D eigenvalue weighted by atomic mass is 9.94. The summed E-state index contributed by atoms with van der Waals surface area (Å²) in [5.74, 6) is 0. The van der Waals surface area contributed by atoms with E-state index in [0.717, 1.165) is 13.0 Å². The molecule has 1 fully saturated rings. The quantitative estimate of drug-likeness (QED) is 0.695. The van der Waals surface area contributed by atoms with E-state index in [1.54, 1.807) is 0 Å². The van der Waals surface area contributed by atoms with Crippen molar-refractivity contribution in [2.24, 2.45) is 0 Å². The average molecular weight is 319 g/mol. The second-order valence-electron chi connectivity index (χ2n) is 5.32. The molecule has 100 valence electrons. The van der Waals surface area contributed by atoms with E-state index in [2.05, 4.69) is 59.3 Å². The van der Waals surface area contributed by atoms with Gasteiger partial charge >= 0.3 is 0 Å². The van der Waals surface area contributed by atoms with Gasteiger partial charge in [0.1, 0.15) is 0 Å². The van der Waals surface area contributed by atoms with Crippen LogP contribution in [0.15, 0.2) is 36.4 Å². The van der Waals surface area contributed by atoms with E-state index in [9.17, 15) is 0 Å². The van der Waals surface area contributed by atoms with E-state index >= 15 is 0 Å². The number of aryl methyl sites for hydroxylation is 1. The topological polar surface area (TPSA) is 9.23 Å². The van der Waals surface area contributed by atoms with Crippen LogP contribution in [0.25, 0.3) is 10.8 Å². The number of benzene rings is 2. The van der Waals surface area contributed by atoms with Crippen LogP contribution >= 0.6 is 15.9 Å². The van der Waals surface area contributed by atoms with Crippen LogP contribution in [0.5, 0.6) is 0 Å². The van der Waals surface area contributed by atoms with Crippen molar-refractivity contribution >= 4 is 26.7 Å². The molecule has 1 nitrogen and oxygen atoms in total. The molecule has 0 saturated carbocycles. The number of ether oxygens (including phenoxy) is 1. The Bertz CT molecular complexity index is 572. The number of hydrogen-bond acceptors (Lipinski definition) is 1. The molecule has 0 aliphatic carbocycles. The fourth-order valence-corrected chi connectivity index (χ4v) is 3.73. The van der Waals surface area contributed by atoms with Gasteiger partial charge in [-0.05, 0) is 48.1 Å². The van der Waals surface area contributed by atoms with Crippen molar-refractivity contribution in [3.8, 4) is 0 Å². The van der Waals surface area contributed by atoms with Crippen LogP contribution in [0.2, 0.25) is 0 Å². The Morgan fingerprint density at radius 3 is 2.63 bits per heavy atom. The number of alkyl halides is 1. The molecule has 0 spiro atoms. The standard InChI is InChI=1S/C17H19BrO/c1-12-9-10-15(14-7-3-2-6-13(12)14)17(18)16-8-4-5-11-19-16/h2-3,6-7,9-10,16-17H,4-5,8,11H2,1H3. The van der Waals surface area contributed by atoms with Crippen molar-refractivity contribution < 1.29 is 4.74 Å². The second-order valence-corrected chi connectivity index (χ2v) is 6.31. The highest BCUT2D eigenvalue weighted by Gasteiger charge is 2.25. The van der Waals surface area contributed by atoms with Gasteiger partial charge in [-0.2, -0.15) is 0 Å². The molecular formula is C17H19BrO. The summed E-state index contributed by atoms with van der Waals surface area (Å²) < 4.78 is 5.93. The maximum Gasteiger partial charge on any atom is 0.0741 e. The molecule has 2 heteroatoms. The lowest BCUT2D eigenvalue weighted by molar-refractivity contribution is 0.0162. The zero-order valence-electron chi connectivity index (χ0n) is 11.2. The van der Waals surface area contributed by atoms with Crippen molar-refractivity contribution in [2.75, 3.05) is 6.61 Å². The molecule has 19 heavy (non-hydrogen) atoms. The molecule has 1 aliphatic rings. The smallest absolute Gasteiger partial charge is 0.0741 e. The zero-order valence-corrected chi connectivity index (χ0v) is 12.8. The molecule has 1 aliphatic heterocycles. The zero-order chi connectivity index (χ0) is 13.2. The molecule has 1 heterocycles. The Balaban J connectivity index is 2.02. The Morgan fingerprint density at radius 1 is 1.11 bits per heavy atom. The third kappa shape index (κ3) is 2.56. The summed E-state index contributed by atoms with van der Waals surface area (Å²) in [6.07, 6.45) is 3.93. The lowest BCUT2D eigenvalue weighted by Crippen LogP contribution is -2.23. The van der Waals surface area contributed by atoms with E-state index in [1.165, 1.54) is 34.7 Å². The molecule has 0 bridgehead atoms. The highest BCUT2D eigenvalue weighted by molar-refractivity contribution is 9.09. The van der Waals surface area contributed by atoms with E-state index < -0.39 is 0 Å². The fraction of sp³-hybridized carbons (Fsp3) is 0.412. The van der Waals surface area contributed by atoms with Crippen molar-refractivity contribution in [2.45, 2.75) is 37.1 Å². The van der Waals surface area contributed by atoms with E-state index in [-0.39, 0.29) is 0 Å². The van der Waals surface area contributed by atoms with Crippen LogP contribution in [-0.4, -0.2) is 12.7 Å². The van der Waals surface area contributed by atoms with Gasteiger partial charge in [-0.3, -0.25) is 0 Å². The van der Waals surface area contributed by atoms with Gasteiger partial charge in [0.05, 0.1) is 10.9 Å². The molecule has 2 unspecified atom stereocenters. The van der Waals surface area contributed by atoms with Crippen LogP contribution in [-0.2, 0) is 4.74 Å². The summed E-state index contributed by atoms with van der Waals surface area (Å²) in [6.45, 7) is 3.07. The van der Waals surface area contributed by atoms with Crippen molar-refractivity contribution in [1.29, 1.82) is 0 Å². The SMILES string of the molecule is Cc1ccc(C(Br)C2CCCCO2)c2ccccc12. The highest BCUT2D eigenvalue weighted by Crippen LogP contribution is 2.37. The van der Waals surface area contributed by atoms with Crippen LogP contribution in [0, 0.1) is 6.92 Å². The van der Waals surface area contributed by atoms with Crippen molar-refractivity contribution in [3.05, 3.63) is 47.5 Å². The first kappa shape index (κ1) is 13.1. The molecule has 2 atom stereocenters. The predicted molar refractivity (Wildman–Crippen MR) is 83.9 cm³/mol. The van der Waals surface area contributed by atoms with Gasteiger partial charge in [0.2, 0.25) is 0 Å². The summed E-state index contributed by atoms with van der Waals surface area (Å²) in [5.41, 5.74) is 2.69. The second kappa shape index (κ2) is 5.64. The van der Waals surface area contributed by atoms with Crippen LogP contribution in [0.1, 0.15) is 35.2 Å².